The highest BCUT2D eigenvalue weighted by Crippen LogP contribution is 2.42. The van der Waals surface area contributed by atoms with Crippen molar-refractivity contribution in [3.05, 3.63) is 34.9 Å². The van der Waals surface area contributed by atoms with Gasteiger partial charge in [0, 0.05) is 50.8 Å². The first-order chi connectivity index (χ1) is 11.6. The molecule has 0 aliphatic carbocycles. The number of hydrogen-bond donors (Lipinski definition) is 0. The number of carbonyl (C=O) groups excluding carboxylic acids is 1. The van der Waals surface area contributed by atoms with Crippen LogP contribution in [0.2, 0.25) is 5.02 Å². The average molecular weight is 349 g/mol. The molecule has 4 rings (SSSR count). The van der Waals surface area contributed by atoms with Gasteiger partial charge in [0.1, 0.15) is 0 Å². The van der Waals surface area contributed by atoms with E-state index in [2.05, 4.69) is 11.0 Å². The Bertz CT molecular complexity index is 615. The number of halogens is 1. The molecule has 3 heterocycles. The number of hydrogen-bond acceptors (Lipinski definition) is 3. The van der Waals surface area contributed by atoms with Gasteiger partial charge in [0.25, 0.3) is 0 Å². The number of amides is 1. The van der Waals surface area contributed by atoms with E-state index in [1.54, 1.807) is 0 Å². The second-order valence-electron chi connectivity index (χ2n) is 7.45. The molecule has 130 valence electrons. The van der Waals surface area contributed by atoms with Crippen LogP contribution >= 0.6 is 11.6 Å². The van der Waals surface area contributed by atoms with Crippen molar-refractivity contribution in [2.24, 2.45) is 5.92 Å². The van der Waals surface area contributed by atoms with Crippen molar-refractivity contribution in [2.75, 3.05) is 32.8 Å². The Balaban J connectivity index is 1.30. The minimum absolute atomic E-state index is 0.0291. The van der Waals surface area contributed by atoms with Gasteiger partial charge in [-0.2, -0.15) is 0 Å². The molecule has 0 bridgehead atoms. The molecule has 1 spiro atoms. The van der Waals surface area contributed by atoms with Gasteiger partial charge in [-0.1, -0.05) is 23.7 Å². The van der Waals surface area contributed by atoms with Gasteiger partial charge in [0.2, 0.25) is 5.91 Å². The van der Waals surface area contributed by atoms with Crippen LogP contribution in [0.3, 0.4) is 0 Å². The van der Waals surface area contributed by atoms with Crippen LogP contribution in [0.25, 0.3) is 0 Å². The highest BCUT2D eigenvalue weighted by Gasteiger charge is 2.52. The Morgan fingerprint density at radius 3 is 2.96 bits per heavy atom. The first-order valence-electron chi connectivity index (χ1n) is 9.03. The fourth-order valence-electron chi connectivity index (χ4n) is 4.51. The zero-order valence-electron chi connectivity index (χ0n) is 14.0. The van der Waals surface area contributed by atoms with Crippen molar-refractivity contribution in [2.45, 2.75) is 37.8 Å². The van der Waals surface area contributed by atoms with Crippen LogP contribution in [0.15, 0.2) is 24.3 Å². The highest BCUT2D eigenvalue weighted by molar-refractivity contribution is 6.30. The largest absolute Gasteiger partial charge is 0.372 e. The predicted octanol–water partition coefficient (Wildman–Crippen LogP) is 2.94. The number of benzene rings is 1. The van der Waals surface area contributed by atoms with Crippen molar-refractivity contribution >= 4 is 17.5 Å². The molecule has 3 saturated heterocycles. The molecule has 1 aromatic rings. The number of likely N-dealkylation sites (tertiary alicyclic amines) is 2. The molecule has 0 radical (unpaired) electrons. The van der Waals surface area contributed by atoms with E-state index in [0.717, 1.165) is 70.0 Å². The van der Waals surface area contributed by atoms with Gasteiger partial charge in [0.05, 0.1) is 5.60 Å². The van der Waals surface area contributed by atoms with E-state index < -0.39 is 0 Å². The molecule has 3 aliphatic heterocycles. The minimum atomic E-state index is 0.0291. The lowest BCUT2D eigenvalue weighted by molar-refractivity contribution is -0.139. The quantitative estimate of drug-likeness (QED) is 0.820. The zero-order chi connectivity index (χ0) is 16.6. The monoisotopic (exact) mass is 348 g/mol. The SMILES string of the molecule is O=C1CCCN1CC[C@@H]1CCOC12CN(Cc1cccc(Cl)c1)C2. The Morgan fingerprint density at radius 1 is 1.33 bits per heavy atom. The summed E-state index contributed by atoms with van der Waals surface area (Å²) in [6, 6.07) is 8.09. The van der Waals surface area contributed by atoms with Crippen LogP contribution in [-0.2, 0) is 16.1 Å². The molecular formula is C19H25ClN2O2. The molecule has 3 aliphatic rings. The smallest absolute Gasteiger partial charge is 0.222 e. The van der Waals surface area contributed by atoms with Gasteiger partial charge in [-0.25, -0.2) is 0 Å². The van der Waals surface area contributed by atoms with Crippen LogP contribution in [0.1, 0.15) is 31.2 Å². The summed E-state index contributed by atoms with van der Waals surface area (Å²) in [5.74, 6) is 0.917. The van der Waals surface area contributed by atoms with Crippen molar-refractivity contribution in [3.63, 3.8) is 0 Å². The maximum atomic E-state index is 11.8. The van der Waals surface area contributed by atoms with Crippen molar-refractivity contribution in [1.29, 1.82) is 0 Å². The third-order valence-electron chi connectivity index (χ3n) is 5.80. The molecule has 1 aromatic carbocycles. The third kappa shape index (κ3) is 3.19. The average Bonchev–Trinajstić information content (AvgIpc) is 3.11. The van der Waals surface area contributed by atoms with Gasteiger partial charge in [-0.3, -0.25) is 9.69 Å². The summed E-state index contributed by atoms with van der Waals surface area (Å²) in [5, 5.41) is 0.799. The van der Waals surface area contributed by atoms with E-state index in [1.165, 1.54) is 5.56 Å². The first kappa shape index (κ1) is 16.4. The van der Waals surface area contributed by atoms with Crippen LogP contribution in [0, 0.1) is 5.92 Å². The molecule has 0 N–H and O–H groups in total. The Kier molecular flexibility index (Phi) is 4.54. The molecule has 1 atom stereocenters. The minimum Gasteiger partial charge on any atom is -0.372 e. The summed E-state index contributed by atoms with van der Waals surface area (Å²) in [4.78, 5) is 16.3. The normalized spacial score (nSPS) is 26.3. The molecule has 24 heavy (non-hydrogen) atoms. The summed E-state index contributed by atoms with van der Waals surface area (Å²) in [6.07, 6.45) is 3.97. The molecule has 0 unspecified atom stereocenters. The van der Waals surface area contributed by atoms with Crippen LogP contribution in [0.4, 0.5) is 0 Å². The lowest BCUT2D eigenvalue weighted by Crippen LogP contribution is -2.64. The van der Waals surface area contributed by atoms with E-state index in [0.29, 0.717) is 11.8 Å². The second-order valence-corrected chi connectivity index (χ2v) is 7.88. The summed E-state index contributed by atoms with van der Waals surface area (Å²) in [6.45, 7) is 5.64. The predicted molar refractivity (Wildman–Crippen MR) is 94.0 cm³/mol. The Hall–Kier alpha value is -1.10. The van der Waals surface area contributed by atoms with E-state index >= 15 is 0 Å². The van der Waals surface area contributed by atoms with Gasteiger partial charge in [0.15, 0.2) is 0 Å². The maximum absolute atomic E-state index is 11.8. The second kappa shape index (κ2) is 6.66. The summed E-state index contributed by atoms with van der Waals surface area (Å²) < 4.78 is 6.15. The van der Waals surface area contributed by atoms with E-state index in [4.69, 9.17) is 16.3 Å². The Labute approximate surface area is 148 Å². The van der Waals surface area contributed by atoms with Gasteiger partial charge < -0.3 is 9.64 Å². The molecule has 3 fully saturated rings. The topological polar surface area (TPSA) is 32.8 Å². The van der Waals surface area contributed by atoms with Gasteiger partial charge >= 0.3 is 0 Å². The van der Waals surface area contributed by atoms with Crippen LogP contribution in [0.5, 0.6) is 0 Å². The fraction of sp³-hybridized carbons (Fsp3) is 0.632. The van der Waals surface area contributed by atoms with Crippen LogP contribution in [-0.4, -0.2) is 54.1 Å². The fourth-order valence-corrected chi connectivity index (χ4v) is 4.72. The number of ether oxygens (including phenoxy) is 1. The molecule has 5 heteroatoms. The number of nitrogens with zero attached hydrogens (tertiary/aromatic N) is 2. The molecule has 1 amide bonds. The summed E-state index contributed by atoms with van der Waals surface area (Å²) in [7, 11) is 0. The summed E-state index contributed by atoms with van der Waals surface area (Å²) in [5.41, 5.74) is 1.29. The van der Waals surface area contributed by atoms with E-state index in [9.17, 15) is 4.79 Å². The van der Waals surface area contributed by atoms with Crippen molar-refractivity contribution in [1.82, 2.24) is 9.80 Å². The lowest BCUT2D eigenvalue weighted by atomic mass is 9.78. The number of carbonyl (C=O) groups is 1. The van der Waals surface area contributed by atoms with E-state index in [1.807, 2.05) is 23.1 Å². The molecule has 0 aromatic heterocycles. The highest BCUT2D eigenvalue weighted by atomic mass is 35.5. The first-order valence-corrected chi connectivity index (χ1v) is 9.41. The zero-order valence-corrected chi connectivity index (χ0v) is 14.8. The summed E-state index contributed by atoms with van der Waals surface area (Å²) >= 11 is 6.07. The van der Waals surface area contributed by atoms with Crippen molar-refractivity contribution < 1.29 is 9.53 Å². The maximum Gasteiger partial charge on any atom is 0.222 e. The van der Waals surface area contributed by atoms with Crippen LogP contribution < -0.4 is 0 Å². The van der Waals surface area contributed by atoms with E-state index in [-0.39, 0.29) is 5.60 Å². The number of rotatable bonds is 5. The third-order valence-corrected chi connectivity index (χ3v) is 6.03. The van der Waals surface area contributed by atoms with Gasteiger partial charge in [-0.05, 0) is 42.9 Å². The molecule has 4 nitrogen and oxygen atoms in total. The van der Waals surface area contributed by atoms with Crippen molar-refractivity contribution in [3.8, 4) is 0 Å². The molecular weight excluding hydrogens is 324 g/mol. The Morgan fingerprint density at radius 2 is 2.21 bits per heavy atom. The standard InChI is InChI=1S/C19H25ClN2O2/c20-17-4-1-3-15(11-17)12-21-13-19(14-21)16(7-10-24-19)6-9-22-8-2-5-18(22)23/h1,3-4,11,16H,2,5-10,12-14H2/t16-/m1/s1. The lowest BCUT2D eigenvalue weighted by Gasteiger charge is -2.50. The van der Waals surface area contributed by atoms with Gasteiger partial charge in [-0.15, -0.1) is 0 Å². The molecule has 0 saturated carbocycles.